The van der Waals surface area contributed by atoms with Gasteiger partial charge >= 0.3 is 0 Å². The van der Waals surface area contributed by atoms with Crippen LogP contribution >= 0.6 is 15.9 Å². The molecule has 0 spiro atoms. The first kappa shape index (κ1) is 10.1. The van der Waals surface area contributed by atoms with Crippen molar-refractivity contribution < 1.29 is 4.74 Å². The summed E-state index contributed by atoms with van der Waals surface area (Å²) in [5.41, 5.74) is 0.652. The summed E-state index contributed by atoms with van der Waals surface area (Å²) in [6.45, 7) is 1.98. The van der Waals surface area contributed by atoms with Crippen LogP contribution in [0.5, 0.6) is 5.75 Å². The van der Waals surface area contributed by atoms with Crippen molar-refractivity contribution >= 4 is 15.9 Å². The Morgan fingerprint density at radius 3 is 2.54 bits per heavy atom. The Labute approximate surface area is 86.3 Å². The molecule has 0 amide bonds. The van der Waals surface area contributed by atoms with Crippen molar-refractivity contribution in [3.63, 3.8) is 0 Å². The van der Waals surface area contributed by atoms with E-state index in [1.807, 2.05) is 6.92 Å². The summed E-state index contributed by atoms with van der Waals surface area (Å²) >= 11 is 3.32. The number of rotatable bonds is 3. The number of halogens is 1. The Hall–Kier alpha value is -1.01. The highest BCUT2D eigenvalue weighted by molar-refractivity contribution is 9.09. The van der Waals surface area contributed by atoms with Crippen LogP contribution in [0, 0.1) is 11.3 Å². The third-order valence-corrected chi connectivity index (χ3v) is 2.45. The van der Waals surface area contributed by atoms with Crippen molar-refractivity contribution in [1.82, 2.24) is 0 Å². The average Bonchev–Trinajstić information content (AvgIpc) is 2.19. The van der Waals surface area contributed by atoms with E-state index in [0.717, 1.165) is 11.1 Å². The van der Waals surface area contributed by atoms with E-state index >= 15 is 0 Å². The molecule has 1 aromatic carbocycles. The molecule has 0 bridgehead atoms. The van der Waals surface area contributed by atoms with Gasteiger partial charge in [0.1, 0.15) is 11.9 Å². The van der Waals surface area contributed by atoms with Gasteiger partial charge in [-0.3, -0.25) is 0 Å². The molecule has 0 N–H and O–H groups in total. The van der Waals surface area contributed by atoms with Gasteiger partial charge in [-0.15, -0.1) is 0 Å². The SMILES string of the molecule is CC(CBr)Oc1ccc(C#N)cc1. The van der Waals surface area contributed by atoms with Gasteiger partial charge in [0.2, 0.25) is 0 Å². The topological polar surface area (TPSA) is 33.0 Å². The second-order valence-electron chi connectivity index (χ2n) is 2.72. The summed E-state index contributed by atoms with van der Waals surface area (Å²) in [6.07, 6.45) is 0.146. The lowest BCUT2D eigenvalue weighted by molar-refractivity contribution is 0.248. The first-order chi connectivity index (χ1) is 6.26. The number of hydrogen-bond donors (Lipinski definition) is 0. The molecule has 1 atom stereocenters. The molecule has 0 aromatic heterocycles. The van der Waals surface area contributed by atoms with Gasteiger partial charge in [0.05, 0.1) is 11.6 Å². The Balaban J connectivity index is 2.65. The highest BCUT2D eigenvalue weighted by Gasteiger charge is 2.00. The van der Waals surface area contributed by atoms with Gasteiger partial charge in [-0.2, -0.15) is 5.26 Å². The van der Waals surface area contributed by atoms with E-state index in [9.17, 15) is 0 Å². The highest BCUT2D eigenvalue weighted by Crippen LogP contribution is 2.13. The van der Waals surface area contributed by atoms with Gasteiger partial charge in [-0.1, -0.05) is 15.9 Å². The van der Waals surface area contributed by atoms with Gasteiger partial charge in [-0.25, -0.2) is 0 Å². The predicted octanol–water partition coefficient (Wildman–Crippen LogP) is 2.72. The van der Waals surface area contributed by atoms with Gasteiger partial charge in [0, 0.05) is 5.33 Å². The molecule has 68 valence electrons. The minimum absolute atomic E-state index is 0.146. The normalized spacial score (nSPS) is 11.8. The molecule has 0 aliphatic heterocycles. The van der Waals surface area contributed by atoms with Crippen molar-refractivity contribution in [2.45, 2.75) is 13.0 Å². The van der Waals surface area contributed by atoms with E-state index in [1.165, 1.54) is 0 Å². The number of nitrogens with zero attached hydrogens (tertiary/aromatic N) is 1. The van der Waals surface area contributed by atoms with E-state index in [2.05, 4.69) is 22.0 Å². The molecule has 0 saturated heterocycles. The Bertz CT molecular complexity index is 302. The van der Waals surface area contributed by atoms with Gasteiger partial charge in [-0.05, 0) is 31.2 Å². The number of ether oxygens (including phenoxy) is 1. The predicted molar refractivity (Wildman–Crippen MR) is 55.0 cm³/mol. The van der Waals surface area contributed by atoms with E-state index in [1.54, 1.807) is 24.3 Å². The van der Waals surface area contributed by atoms with Crippen LogP contribution in [0.4, 0.5) is 0 Å². The molecule has 13 heavy (non-hydrogen) atoms. The van der Waals surface area contributed by atoms with Gasteiger partial charge < -0.3 is 4.74 Å². The fraction of sp³-hybridized carbons (Fsp3) is 0.300. The summed E-state index contributed by atoms with van der Waals surface area (Å²) < 4.78 is 5.51. The molecule has 0 saturated carbocycles. The van der Waals surface area contributed by atoms with Crippen molar-refractivity contribution in [3.8, 4) is 11.8 Å². The maximum absolute atomic E-state index is 8.56. The number of benzene rings is 1. The number of alkyl halides is 1. The van der Waals surface area contributed by atoms with E-state index in [4.69, 9.17) is 10.00 Å². The standard InChI is InChI=1S/C10H10BrNO/c1-8(6-11)13-10-4-2-9(7-12)3-5-10/h2-5,8H,6H2,1H3. The van der Waals surface area contributed by atoms with Crippen LogP contribution in [0.1, 0.15) is 12.5 Å². The number of hydrogen-bond acceptors (Lipinski definition) is 2. The summed E-state index contributed by atoms with van der Waals surface area (Å²) in [5, 5.41) is 9.36. The van der Waals surface area contributed by atoms with E-state index < -0.39 is 0 Å². The zero-order valence-electron chi connectivity index (χ0n) is 7.33. The second kappa shape index (κ2) is 4.88. The maximum Gasteiger partial charge on any atom is 0.119 e. The molecular weight excluding hydrogens is 230 g/mol. The highest BCUT2D eigenvalue weighted by atomic mass is 79.9. The van der Waals surface area contributed by atoms with E-state index in [0.29, 0.717) is 5.56 Å². The largest absolute Gasteiger partial charge is 0.490 e. The molecule has 1 aromatic rings. The van der Waals surface area contributed by atoms with E-state index in [-0.39, 0.29) is 6.10 Å². The van der Waals surface area contributed by atoms with Crippen LogP contribution < -0.4 is 4.74 Å². The average molecular weight is 240 g/mol. The lowest BCUT2D eigenvalue weighted by Crippen LogP contribution is -2.12. The monoisotopic (exact) mass is 239 g/mol. The van der Waals surface area contributed by atoms with Crippen LogP contribution in [0.15, 0.2) is 24.3 Å². The zero-order chi connectivity index (χ0) is 9.68. The Morgan fingerprint density at radius 1 is 1.46 bits per heavy atom. The zero-order valence-corrected chi connectivity index (χ0v) is 8.91. The minimum atomic E-state index is 0.146. The Morgan fingerprint density at radius 2 is 2.08 bits per heavy atom. The van der Waals surface area contributed by atoms with Crippen LogP contribution in [-0.2, 0) is 0 Å². The third-order valence-electron chi connectivity index (χ3n) is 1.54. The quantitative estimate of drug-likeness (QED) is 0.761. The lowest BCUT2D eigenvalue weighted by atomic mass is 10.2. The number of nitriles is 1. The summed E-state index contributed by atoms with van der Waals surface area (Å²) in [7, 11) is 0. The molecule has 0 aliphatic carbocycles. The van der Waals surface area contributed by atoms with Crippen LogP contribution in [0.3, 0.4) is 0 Å². The minimum Gasteiger partial charge on any atom is -0.490 e. The lowest BCUT2D eigenvalue weighted by Gasteiger charge is -2.11. The smallest absolute Gasteiger partial charge is 0.119 e. The second-order valence-corrected chi connectivity index (χ2v) is 3.37. The molecule has 0 aliphatic rings. The van der Waals surface area contributed by atoms with Gasteiger partial charge in [0.15, 0.2) is 0 Å². The Kier molecular flexibility index (Phi) is 3.78. The summed E-state index contributed by atoms with van der Waals surface area (Å²) in [5.74, 6) is 0.797. The van der Waals surface area contributed by atoms with Crippen molar-refractivity contribution in [3.05, 3.63) is 29.8 Å². The summed E-state index contributed by atoms with van der Waals surface area (Å²) in [6, 6.07) is 9.16. The fourth-order valence-corrected chi connectivity index (χ4v) is 1.00. The van der Waals surface area contributed by atoms with Gasteiger partial charge in [0.25, 0.3) is 0 Å². The first-order valence-electron chi connectivity index (χ1n) is 3.99. The molecule has 1 rings (SSSR count). The fourth-order valence-electron chi connectivity index (χ4n) is 0.872. The van der Waals surface area contributed by atoms with Crippen molar-refractivity contribution in [2.24, 2.45) is 0 Å². The molecule has 0 heterocycles. The molecule has 0 radical (unpaired) electrons. The molecule has 3 heteroatoms. The maximum atomic E-state index is 8.56. The van der Waals surface area contributed by atoms with Crippen molar-refractivity contribution in [2.75, 3.05) is 5.33 Å². The third kappa shape index (κ3) is 3.08. The first-order valence-corrected chi connectivity index (χ1v) is 5.11. The summed E-state index contributed by atoms with van der Waals surface area (Å²) in [4.78, 5) is 0. The van der Waals surface area contributed by atoms with Crippen molar-refractivity contribution in [1.29, 1.82) is 5.26 Å². The van der Waals surface area contributed by atoms with Crippen LogP contribution in [-0.4, -0.2) is 11.4 Å². The molecule has 2 nitrogen and oxygen atoms in total. The molecule has 0 fully saturated rings. The van der Waals surface area contributed by atoms with Crippen LogP contribution in [0.2, 0.25) is 0 Å². The van der Waals surface area contributed by atoms with Crippen LogP contribution in [0.25, 0.3) is 0 Å². The molecule has 1 unspecified atom stereocenters. The molecular formula is C10H10BrNO.